The van der Waals surface area contributed by atoms with Gasteiger partial charge in [-0.05, 0) is 98.4 Å². The van der Waals surface area contributed by atoms with Crippen LogP contribution in [0, 0.1) is 0 Å². The molecule has 10 aromatic rings. The third kappa shape index (κ3) is 3.75. The number of fused-ring (bicyclic) bond motifs is 14. The van der Waals surface area contributed by atoms with Gasteiger partial charge in [0.1, 0.15) is 0 Å². The van der Waals surface area contributed by atoms with Crippen molar-refractivity contribution in [2.24, 2.45) is 0 Å². The zero-order chi connectivity index (χ0) is 36.2. The standard InChI is InChI=1S/C51H33BN2S/c1-51(2)40-20-10-6-16-32(40)38-28-45-42(29-41(38)51)52-49-39(33-17-7-12-22-44(33)54(52)31-14-4-3-5-15-31)27-37(48-36-19-8-11-21-43(36)53(45)50(48)49)30-24-25-35-34-18-9-13-23-46(34)55-47(35)26-30/h3-29H,1-2H3. The molecule has 0 bridgehead atoms. The van der Waals surface area contributed by atoms with E-state index in [2.05, 4.69) is 187 Å². The molecule has 0 radical (unpaired) electrons. The number of hydrogen-bond donors (Lipinski definition) is 0. The zero-order valence-corrected chi connectivity index (χ0v) is 31.3. The monoisotopic (exact) mass is 716 g/mol. The maximum absolute atomic E-state index is 2.63. The molecule has 0 atom stereocenters. The first-order valence-corrected chi connectivity index (χ1v) is 20.1. The van der Waals surface area contributed by atoms with Crippen LogP contribution < -0.4 is 15.7 Å². The summed E-state index contributed by atoms with van der Waals surface area (Å²) in [5.41, 5.74) is 19.6. The van der Waals surface area contributed by atoms with Crippen LogP contribution in [0.4, 0.5) is 11.4 Å². The Kier molecular flexibility index (Phi) is 5.70. The number of thiophene rings is 1. The van der Waals surface area contributed by atoms with Crippen LogP contribution >= 0.6 is 11.3 Å². The Morgan fingerprint density at radius 3 is 2.13 bits per heavy atom. The molecule has 1 aliphatic carbocycles. The largest absolute Gasteiger partial charge is 0.376 e. The van der Waals surface area contributed by atoms with E-state index in [0.29, 0.717) is 0 Å². The number of hydrogen-bond acceptors (Lipinski definition) is 2. The normalized spacial score (nSPS) is 14.4. The van der Waals surface area contributed by atoms with Crippen molar-refractivity contribution in [3.05, 3.63) is 175 Å². The fourth-order valence-electron chi connectivity index (χ4n) is 10.6. The van der Waals surface area contributed by atoms with Gasteiger partial charge in [-0.2, -0.15) is 0 Å². The quantitative estimate of drug-likeness (QED) is 0.162. The lowest BCUT2D eigenvalue weighted by molar-refractivity contribution is 0.661. The van der Waals surface area contributed by atoms with Crippen molar-refractivity contribution < 1.29 is 0 Å². The Bertz CT molecular complexity index is 3310. The van der Waals surface area contributed by atoms with Crippen LogP contribution in [0.15, 0.2) is 164 Å². The van der Waals surface area contributed by atoms with Gasteiger partial charge < -0.3 is 9.38 Å². The summed E-state index contributed by atoms with van der Waals surface area (Å²) in [6.45, 7) is 4.78. The summed E-state index contributed by atoms with van der Waals surface area (Å²) in [7, 11) is 0. The smallest absolute Gasteiger partial charge is 0.333 e. The van der Waals surface area contributed by atoms with Crippen LogP contribution in [0.1, 0.15) is 25.0 Å². The van der Waals surface area contributed by atoms with Crippen molar-refractivity contribution in [1.82, 2.24) is 4.57 Å². The molecule has 0 fully saturated rings. The van der Waals surface area contributed by atoms with Gasteiger partial charge in [-0.1, -0.05) is 129 Å². The molecule has 0 saturated heterocycles. The number of para-hydroxylation sites is 3. The van der Waals surface area contributed by atoms with E-state index in [4.69, 9.17) is 0 Å². The summed E-state index contributed by atoms with van der Waals surface area (Å²) in [4.78, 5) is 2.63. The summed E-state index contributed by atoms with van der Waals surface area (Å²) < 4.78 is 5.29. The molecule has 256 valence electrons. The minimum Gasteiger partial charge on any atom is -0.376 e. The lowest BCUT2D eigenvalue weighted by Gasteiger charge is -2.42. The van der Waals surface area contributed by atoms with Gasteiger partial charge in [0.25, 0.3) is 0 Å². The van der Waals surface area contributed by atoms with Crippen LogP contribution in [0.25, 0.3) is 81.0 Å². The molecule has 2 aliphatic heterocycles. The van der Waals surface area contributed by atoms with Crippen LogP contribution in [-0.4, -0.2) is 11.4 Å². The Labute approximate surface area is 323 Å². The van der Waals surface area contributed by atoms with Crippen molar-refractivity contribution in [2.45, 2.75) is 19.3 Å². The maximum Gasteiger partial charge on any atom is 0.333 e. The molecule has 0 N–H and O–H groups in total. The van der Waals surface area contributed by atoms with E-state index in [1.54, 1.807) is 0 Å². The fourth-order valence-corrected chi connectivity index (χ4v) is 11.7. The lowest BCUT2D eigenvalue weighted by Crippen LogP contribution is -2.60. The van der Waals surface area contributed by atoms with Crippen molar-refractivity contribution in [1.29, 1.82) is 0 Å². The summed E-state index contributed by atoms with van der Waals surface area (Å²) in [6, 6.07) is 61.9. The number of nitrogens with zero attached hydrogens (tertiary/aromatic N) is 2. The van der Waals surface area contributed by atoms with Gasteiger partial charge in [0.2, 0.25) is 0 Å². The molecule has 0 spiro atoms. The fraction of sp³-hybridized carbons (Fsp3) is 0.0588. The average molecular weight is 717 g/mol. The minimum absolute atomic E-state index is 0.0226. The minimum atomic E-state index is -0.114. The molecule has 8 aromatic carbocycles. The molecule has 0 unspecified atom stereocenters. The highest BCUT2D eigenvalue weighted by Gasteiger charge is 2.46. The van der Waals surface area contributed by atoms with Crippen molar-refractivity contribution in [2.75, 3.05) is 4.81 Å². The van der Waals surface area contributed by atoms with E-state index < -0.39 is 0 Å². The van der Waals surface area contributed by atoms with Gasteiger partial charge in [0.05, 0.1) is 11.0 Å². The van der Waals surface area contributed by atoms with E-state index in [0.717, 1.165) is 0 Å². The second-order valence-corrected chi connectivity index (χ2v) is 17.1. The van der Waals surface area contributed by atoms with Crippen LogP contribution in [0.5, 0.6) is 0 Å². The Morgan fingerprint density at radius 2 is 1.24 bits per heavy atom. The molecule has 55 heavy (non-hydrogen) atoms. The number of aromatic nitrogens is 1. The molecule has 0 amide bonds. The van der Waals surface area contributed by atoms with Crippen LogP contribution in [0.2, 0.25) is 0 Å². The molecular formula is C51H33BN2S. The van der Waals surface area contributed by atoms with E-state index in [9.17, 15) is 0 Å². The zero-order valence-electron chi connectivity index (χ0n) is 30.5. The number of anilines is 2. The molecule has 13 rings (SSSR count). The third-order valence-electron chi connectivity index (χ3n) is 13.0. The highest BCUT2D eigenvalue weighted by molar-refractivity contribution is 7.25. The molecule has 0 saturated carbocycles. The molecule has 2 aromatic heterocycles. The molecule has 3 aliphatic rings. The first-order chi connectivity index (χ1) is 27.1. The summed E-state index contributed by atoms with van der Waals surface area (Å²) in [6.07, 6.45) is 0. The van der Waals surface area contributed by atoms with E-state index >= 15 is 0 Å². The molecule has 4 heterocycles. The van der Waals surface area contributed by atoms with Crippen molar-refractivity contribution in [3.8, 4) is 39.1 Å². The second-order valence-electron chi connectivity index (χ2n) is 16.0. The first kappa shape index (κ1) is 30.0. The van der Waals surface area contributed by atoms with Gasteiger partial charge in [0, 0.05) is 59.0 Å². The predicted octanol–water partition coefficient (Wildman–Crippen LogP) is 12.4. The Morgan fingerprint density at radius 1 is 0.509 bits per heavy atom. The Hall–Kier alpha value is -6.36. The summed E-state index contributed by atoms with van der Waals surface area (Å²) in [5.74, 6) is 0. The summed E-state index contributed by atoms with van der Waals surface area (Å²) >= 11 is 1.90. The highest BCUT2D eigenvalue weighted by Crippen LogP contribution is 2.52. The van der Waals surface area contributed by atoms with Crippen LogP contribution in [0.3, 0.4) is 0 Å². The van der Waals surface area contributed by atoms with Gasteiger partial charge in [0.15, 0.2) is 0 Å². The van der Waals surface area contributed by atoms with Gasteiger partial charge in [-0.25, -0.2) is 0 Å². The van der Waals surface area contributed by atoms with Gasteiger partial charge >= 0.3 is 6.85 Å². The summed E-state index contributed by atoms with van der Waals surface area (Å²) in [5, 5.41) is 5.29. The Balaban J connectivity index is 1.21. The predicted molar refractivity (Wildman–Crippen MR) is 236 cm³/mol. The molecular weight excluding hydrogens is 683 g/mol. The van der Waals surface area contributed by atoms with E-state index in [-0.39, 0.29) is 12.3 Å². The topological polar surface area (TPSA) is 8.17 Å². The van der Waals surface area contributed by atoms with E-state index in [1.165, 1.54) is 114 Å². The maximum atomic E-state index is 2.63. The SMILES string of the molecule is CC1(C)c2ccccc2-c2cc3c(cc21)B1c2c(cc(-c4ccc5c(c4)sc4ccccc45)c4c5ccccc5n-3c24)-c2ccccc2N1c1ccccc1. The third-order valence-corrected chi connectivity index (χ3v) is 14.1. The highest BCUT2D eigenvalue weighted by atomic mass is 32.1. The number of benzene rings is 8. The second kappa shape index (κ2) is 10.4. The van der Waals surface area contributed by atoms with Crippen molar-refractivity contribution >= 4 is 82.5 Å². The van der Waals surface area contributed by atoms with Crippen molar-refractivity contribution in [3.63, 3.8) is 0 Å². The van der Waals surface area contributed by atoms with Gasteiger partial charge in [-0.15, -0.1) is 11.3 Å². The van der Waals surface area contributed by atoms with Crippen LogP contribution in [-0.2, 0) is 5.41 Å². The number of rotatable bonds is 2. The molecule has 4 heteroatoms. The van der Waals surface area contributed by atoms with E-state index in [1.807, 2.05) is 11.3 Å². The first-order valence-electron chi connectivity index (χ1n) is 19.3. The van der Waals surface area contributed by atoms with Gasteiger partial charge in [-0.3, -0.25) is 0 Å². The molecule has 2 nitrogen and oxygen atoms in total. The lowest BCUT2D eigenvalue weighted by atomic mass is 9.43. The average Bonchev–Trinajstić information content (AvgIpc) is 3.85.